The van der Waals surface area contributed by atoms with Crippen molar-refractivity contribution in [3.63, 3.8) is 0 Å². The molecule has 0 nitrogen and oxygen atoms in total. The van der Waals surface area contributed by atoms with Crippen LogP contribution in [0, 0.1) is 0 Å². The molecule has 0 amide bonds. The van der Waals surface area contributed by atoms with Crippen LogP contribution in [-0.4, -0.2) is 0 Å². The van der Waals surface area contributed by atoms with Gasteiger partial charge in [0.1, 0.15) is 0 Å². The van der Waals surface area contributed by atoms with Crippen LogP contribution >= 0.6 is 0 Å². The molecule has 0 aromatic heterocycles. The molecule has 0 aromatic carbocycles. The SMILES string of the molecule is CCCCCCCCCCCCCCCCCCCCCCCCCCCCCCCCCCCCCCCCCCCC=CC=C(C)C. The van der Waals surface area contributed by atoms with E-state index in [1.165, 1.54) is 275 Å². The largest absolute Gasteiger partial charge is 0.0845 e. The van der Waals surface area contributed by atoms with Crippen LogP contribution in [0.15, 0.2) is 23.8 Å². The van der Waals surface area contributed by atoms with E-state index in [4.69, 9.17) is 0 Å². The van der Waals surface area contributed by atoms with E-state index in [9.17, 15) is 0 Å². The Hall–Kier alpha value is -0.520. The highest BCUT2D eigenvalue weighted by Crippen LogP contribution is 2.18. The van der Waals surface area contributed by atoms with Crippen LogP contribution in [0.1, 0.15) is 290 Å². The highest BCUT2D eigenvalue weighted by molar-refractivity contribution is 5.07. The lowest BCUT2D eigenvalue weighted by Gasteiger charge is -2.05. The monoisotopic (exact) mass is 685 g/mol. The summed E-state index contributed by atoms with van der Waals surface area (Å²) in [7, 11) is 0. The smallest absolute Gasteiger partial charge is 0.0348 e. The van der Waals surface area contributed by atoms with Crippen LogP contribution in [-0.2, 0) is 0 Å². The van der Waals surface area contributed by atoms with Crippen LogP contribution in [0.2, 0.25) is 0 Å². The summed E-state index contributed by atoms with van der Waals surface area (Å²) < 4.78 is 0. The highest BCUT2D eigenvalue weighted by Gasteiger charge is 1.98. The molecule has 0 saturated carbocycles. The average Bonchev–Trinajstić information content (AvgIpc) is 3.10. The first kappa shape index (κ1) is 48.5. The number of allylic oxidation sites excluding steroid dienone is 4. The van der Waals surface area contributed by atoms with E-state index >= 15 is 0 Å². The van der Waals surface area contributed by atoms with Crippen LogP contribution in [0.25, 0.3) is 0 Å². The minimum atomic E-state index is 1.25. The minimum absolute atomic E-state index is 1.25. The third-order valence-corrected chi connectivity index (χ3v) is 11.0. The maximum atomic E-state index is 2.33. The molecule has 0 rings (SSSR count). The van der Waals surface area contributed by atoms with E-state index < -0.39 is 0 Å². The molecule has 0 N–H and O–H groups in total. The Morgan fingerprint density at radius 2 is 0.449 bits per heavy atom. The summed E-state index contributed by atoms with van der Waals surface area (Å²) in [4.78, 5) is 0. The van der Waals surface area contributed by atoms with Gasteiger partial charge in [0.05, 0.1) is 0 Å². The van der Waals surface area contributed by atoms with Gasteiger partial charge in [0, 0.05) is 0 Å². The summed E-state index contributed by atoms with van der Waals surface area (Å²) in [5.41, 5.74) is 1.39. The van der Waals surface area contributed by atoms with Gasteiger partial charge in [0.25, 0.3) is 0 Å². The first-order valence-electron chi connectivity index (χ1n) is 23.6. The molecule has 0 aliphatic rings. The summed E-state index contributed by atoms with van der Waals surface area (Å²) in [5, 5.41) is 0. The maximum absolute atomic E-state index is 2.33. The molecule has 0 heteroatoms. The zero-order valence-electron chi connectivity index (χ0n) is 34.9. The molecule has 0 unspecified atom stereocenters. The molecule has 0 aromatic rings. The fourth-order valence-electron chi connectivity index (χ4n) is 7.59. The van der Waals surface area contributed by atoms with Crippen molar-refractivity contribution in [3.8, 4) is 0 Å². The second-order valence-electron chi connectivity index (χ2n) is 16.6. The Morgan fingerprint density at radius 1 is 0.265 bits per heavy atom. The molecule has 0 bridgehead atoms. The average molecular weight is 685 g/mol. The number of rotatable bonds is 43. The van der Waals surface area contributed by atoms with E-state index in [-0.39, 0.29) is 0 Å². The Labute approximate surface area is 313 Å². The predicted octanol–water partition coefficient (Wildman–Crippen LogP) is 18.9. The van der Waals surface area contributed by atoms with Crippen LogP contribution < -0.4 is 0 Å². The summed E-state index contributed by atoms with van der Waals surface area (Å²) in [6.07, 6.45) is 68.6. The second kappa shape index (κ2) is 45.5. The lowest BCUT2D eigenvalue weighted by molar-refractivity contribution is 0.509. The molecule has 0 atom stereocenters. The van der Waals surface area contributed by atoms with Gasteiger partial charge in [0.2, 0.25) is 0 Å². The number of hydrogen-bond acceptors (Lipinski definition) is 0. The molecule has 0 spiro atoms. The van der Waals surface area contributed by atoms with E-state index in [1.807, 2.05) is 0 Å². The van der Waals surface area contributed by atoms with Crippen molar-refractivity contribution >= 4 is 0 Å². The first-order chi connectivity index (χ1) is 24.3. The Kier molecular flexibility index (Phi) is 45.0. The molecule has 0 radical (unpaired) electrons. The van der Waals surface area contributed by atoms with Crippen molar-refractivity contribution in [2.75, 3.05) is 0 Å². The molecule has 0 aliphatic carbocycles. The summed E-state index contributed by atoms with van der Waals surface area (Å²) in [6, 6.07) is 0. The van der Waals surface area contributed by atoms with Gasteiger partial charge < -0.3 is 0 Å². The fourth-order valence-corrected chi connectivity index (χ4v) is 7.59. The van der Waals surface area contributed by atoms with Crippen LogP contribution in [0.4, 0.5) is 0 Å². The molecule has 0 fully saturated rings. The lowest BCUT2D eigenvalue weighted by atomic mass is 10.0. The second-order valence-corrected chi connectivity index (χ2v) is 16.6. The van der Waals surface area contributed by atoms with E-state index in [0.717, 1.165) is 0 Å². The highest BCUT2D eigenvalue weighted by atomic mass is 14.0. The van der Waals surface area contributed by atoms with E-state index in [0.29, 0.717) is 0 Å². The fraction of sp³-hybridized carbons (Fsp3) is 0.918. The van der Waals surface area contributed by atoms with Crippen molar-refractivity contribution in [3.05, 3.63) is 23.8 Å². The van der Waals surface area contributed by atoms with Gasteiger partial charge in [-0.2, -0.15) is 0 Å². The zero-order chi connectivity index (χ0) is 35.4. The van der Waals surface area contributed by atoms with Gasteiger partial charge in [-0.25, -0.2) is 0 Å². The molecule has 0 aliphatic heterocycles. The van der Waals surface area contributed by atoms with Crippen molar-refractivity contribution < 1.29 is 0 Å². The van der Waals surface area contributed by atoms with Gasteiger partial charge in [-0.3, -0.25) is 0 Å². The standard InChI is InChI=1S/C49H96/c1-4-5-6-7-8-9-10-11-12-13-14-15-16-17-18-19-20-21-22-23-24-25-26-27-28-29-30-31-32-33-34-35-36-37-38-39-40-41-42-43-44-45-46-47-48-49(2)3/h46-48H,4-45H2,1-3H3. The van der Waals surface area contributed by atoms with Crippen molar-refractivity contribution in [2.24, 2.45) is 0 Å². The lowest BCUT2D eigenvalue weighted by Crippen LogP contribution is -1.85. The summed E-state index contributed by atoms with van der Waals surface area (Å²) in [6.45, 7) is 6.64. The van der Waals surface area contributed by atoms with Crippen molar-refractivity contribution in [2.45, 2.75) is 290 Å². The minimum Gasteiger partial charge on any atom is -0.0845 e. The number of hydrogen-bond donors (Lipinski definition) is 0. The third kappa shape index (κ3) is 47.5. The predicted molar refractivity (Wildman–Crippen MR) is 228 cm³/mol. The first-order valence-corrected chi connectivity index (χ1v) is 23.6. The molecular weight excluding hydrogens is 589 g/mol. The van der Waals surface area contributed by atoms with Gasteiger partial charge in [-0.15, -0.1) is 0 Å². The summed E-state index contributed by atoms with van der Waals surface area (Å²) in [5.74, 6) is 0. The zero-order valence-corrected chi connectivity index (χ0v) is 34.9. The molecule has 49 heavy (non-hydrogen) atoms. The van der Waals surface area contributed by atoms with E-state index in [1.54, 1.807) is 0 Å². The van der Waals surface area contributed by atoms with E-state index in [2.05, 4.69) is 39.0 Å². The molecule has 0 saturated heterocycles. The van der Waals surface area contributed by atoms with Gasteiger partial charge in [-0.05, 0) is 26.7 Å². The summed E-state index contributed by atoms with van der Waals surface area (Å²) >= 11 is 0. The van der Waals surface area contributed by atoms with Crippen LogP contribution in [0.3, 0.4) is 0 Å². The Morgan fingerprint density at radius 3 is 0.633 bits per heavy atom. The molecule has 292 valence electrons. The Balaban J connectivity index is 3.07. The quantitative estimate of drug-likeness (QED) is 0.0443. The van der Waals surface area contributed by atoms with Gasteiger partial charge in [-0.1, -0.05) is 288 Å². The van der Waals surface area contributed by atoms with Gasteiger partial charge >= 0.3 is 0 Å². The molecule has 0 heterocycles. The van der Waals surface area contributed by atoms with Crippen LogP contribution in [0.5, 0.6) is 0 Å². The van der Waals surface area contributed by atoms with Crippen molar-refractivity contribution in [1.82, 2.24) is 0 Å². The normalized spacial score (nSPS) is 11.7. The number of unbranched alkanes of at least 4 members (excludes halogenated alkanes) is 41. The molecular formula is C49H96. The topological polar surface area (TPSA) is 0 Å². The third-order valence-electron chi connectivity index (χ3n) is 11.0. The van der Waals surface area contributed by atoms with Crippen molar-refractivity contribution in [1.29, 1.82) is 0 Å². The van der Waals surface area contributed by atoms with Gasteiger partial charge in [0.15, 0.2) is 0 Å². The Bertz CT molecular complexity index is 622. The maximum Gasteiger partial charge on any atom is -0.0348 e.